The molecule has 12 heteroatoms. The fourth-order valence-corrected chi connectivity index (χ4v) is 3.61. The number of nitrogens with zero attached hydrogens (tertiary/aromatic N) is 4. The molecule has 0 saturated heterocycles. The Bertz CT molecular complexity index is 1270. The van der Waals surface area contributed by atoms with Crippen LogP contribution in [0.4, 0.5) is 22.7 Å². The van der Waals surface area contributed by atoms with Crippen molar-refractivity contribution in [2.24, 2.45) is 0 Å². The van der Waals surface area contributed by atoms with E-state index >= 15 is 0 Å². The highest BCUT2D eigenvalue weighted by atomic mass is 16.6. The van der Waals surface area contributed by atoms with Crippen LogP contribution < -0.4 is 19.7 Å². The van der Waals surface area contributed by atoms with Gasteiger partial charge in [0, 0.05) is 24.9 Å². The Morgan fingerprint density at radius 1 is 1.15 bits per heavy atom. The van der Waals surface area contributed by atoms with Crippen molar-refractivity contribution in [3.63, 3.8) is 0 Å². The molecule has 12 nitrogen and oxygen atoms in total. The predicted octanol–water partition coefficient (Wildman–Crippen LogP) is 3.87. The Morgan fingerprint density at radius 2 is 1.94 bits per heavy atom. The summed E-state index contributed by atoms with van der Waals surface area (Å²) >= 11 is 0. The molecule has 0 unspecified atom stereocenters. The molecule has 178 valence electrons. The van der Waals surface area contributed by atoms with Gasteiger partial charge in [-0.2, -0.15) is 0 Å². The van der Waals surface area contributed by atoms with E-state index in [1.165, 1.54) is 7.11 Å². The highest BCUT2D eigenvalue weighted by molar-refractivity contribution is 6.01. The van der Waals surface area contributed by atoms with E-state index in [9.17, 15) is 10.1 Å². The third-order valence-corrected chi connectivity index (χ3v) is 5.19. The Morgan fingerprint density at radius 3 is 2.62 bits per heavy atom. The largest absolute Gasteiger partial charge is 0.493 e. The molecular weight excluding hydrogens is 446 g/mol. The zero-order chi connectivity index (χ0) is 24.1. The van der Waals surface area contributed by atoms with Gasteiger partial charge in [-0.1, -0.05) is 0 Å². The van der Waals surface area contributed by atoms with Crippen LogP contribution in [0.1, 0.15) is 12.2 Å². The number of aliphatic hydroxyl groups excluding tert-OH is 1. The molecule has 0 saturated carbocycles. The van der Waals surface area contributed by atoms with Crippen molar-refractivity contribution >= 4 is 33.8 Å². The fraction of sp³-hybridized carbons (Fsp3) is 0.273. The molecule has 0 aliphatic carbocycles. The first-order valence-electron chi connectivity index (χ1n) is 10.4. The summed E-state index contributed by atoms with van der Waals surface area (Å²) in [7, 11) is 3.08. The topological polar surface area (TPSA) is 149 Å². The van der Waals surface area contributed by atoms with Crippen LogP contribution in [0.15, 0.2) is 51.7 Å². The number of benzene rings is 2. The Labute approximate surface area is 193 Å². The highest BCUT2D eigenvalue weighted by Crippen LogP contribution is 2.43. The van der Waals surface area contributed by atoms with Gasteiger partial charge in [-0.05, 0) is 47.1 Å². The summed E-state index contributed by atoms with van der Waals surface area (Å²) in [6.45, 7) is 0.540. The Kier molecular flexibility index (Phi) is 6.78. The van der Waals surface area contributed by atoms with E-state index in [4.69, 9.17) is 23.6 Å². The van der Waals surface area contributed by atoms with Gasteiger partial charge in [-0.3, -0.25) is 10.1 Å². The summed E-state index contributed by atoms with van der Waals surface area (Å²) in [5, 5.41) is 31.8. The lowest BCUT2D eigenvalue weighted by Crippen LogP contribution is -2.18. The molecule has 2 heterocycles. The molecule has 0 radical (unpaired) electrons. The van der Waals surface area contributed by atoms with Crippen molar-refractivity contribution in [2.75, 3.05) is 37.6 Å². The van der Waals surface area contributed by atoms with E-state index in [1.807, 2.05) is 17.0 Å². The second kappa shape index (κ2) is 10.1. The van der Waals surface area contributed by atoms with Gasteiger partial charge >= 0.3 is 5.69 Å². The first kappa shape index (κ1) is 22.9. The van der Waals surface area contributed by atoms with E-state index < -0.39 is 4.92 Å². The van der Waals surface area contributed by atoms with Crippen molar-refractivity contribution in [3.8, 4) is 11.5 Å². The zero-order valence-corrected chi connectivity index (χ0v) is 18.6. The number of anilines is 3. The van der Waals surface area contributed by atoms with E-state index in [2.05, 4.69) is 15.6 Å². The van der Waals surface area contributed by atoms with Gasteiger partial charge < -0.3 is 29.2 Å². The van der Waals surface area contributed by atoms with Crippen molar-refractivity contribution in [1.29, 1.82) is 0 Å². The van der Waals surface area contributed by atoms with Crippen LogP contribution in [0.2, 0.25) is 0 Å². The molecule has 2 N–H and O–H groups in total. The predicted molar refractivity (Wildman–Crippen MR) is 123 cm³/mol. The number of nitrogens with one attached hydrogen (secondary N) is 1. The number of nitro benzene ring substituents is 1. The van der Waals surface area contributed by atoms with Gasteiger partial charge in [0.25, 0.3) is 0 Å². The van der Waals surface area contributed by atoms with Crippen LogP contribution >= 0.6 is 0 Å². The average Bonchev–Trinajstić information content (AvgIpc) is 3.54. The molecule has 0 amide bonds. The van der Waals surface area contributed by atoms with Gasteiger partial charge in [0.05, 0.1) is 37.6 Å². The molecule has 2 aromatic heterocycles. The standard InChI is InChI=1S/C22H23N5O7/c1-31-18-7-6-14(11-19(18)32-2)26(13-15-5-3-10-33-15)17-12-16(23-8-4-9-28)22(27(29)30)21-20(17)24-34-25-21/h3,5-7,10-12,23,28H,4,8-9,13H2,1-2H3. The molecule has 2 aromatic carbocycles. The molecular formula is C22H23N5O7. The number of hydrogen-bond donors (Lipinski definition) is 2. The van der Waals surface area contributed by atoms with E-state index in [1.54, 1.807) is 37.6 Å². The van der Waals surface area contributed by atoms with E-state index in [0.29, 0.717) is 41.6 Å². The van der Waals surface area contributed by atoms with Gasteiger partial charge in [0.1, 0.15) is 11.4 Å². The van der Waals surface area contributed by atoms with Crippen molar-refractivity contribution in [2.45, 2.75) is 13.0 Å². The molecule has 0 fully saturated rings. The summed E-state index contributed by atoms with van der Waals surface area (Å²) in [6, 6.07) is 10.6. The number of fused-ring (bicyclic) bond motifs is 1. The van der Waals surface area contributed by atoms with Crippen LogP contribution in [0.5, 0.6) is 11.5 Å². The maximum atomic E-state index is 11.9. The first-order chi connectivity index (χ1) is 16.6. The molecule has 4 aromatic rings. The molecule has 0 aliphatic heterocycles. The fourth-order valence-electron chi connectivity index (χ4n) is 3.61. The van der Waals surface area contributed by atoms with Crippen molar-refractivity contribution in [1.82, 2.24) is 10.3 Å². The van der Waals surface area contributed by atoms with E-state index in [-0.39, 0.29) is 35.6 Å². The molecule has 4 rings (SSSR count). The van der Waals surface area contributed by atoms with Gasteiger partial charge in [-0.15, -0.1) is 0 Å². The van der Waals surface area contributed by atoms with Crippen LogP contribution in [-0.2, 0) is 6.54 Å². The Balaban J connectivity index is 1.91. The number of hydrogen-bond acceptors (Lipinski definition) is 11. The number of aromatic nitrogens is 2. The minimum atomic E-state index is -0.537. The molecule has 0 bridgehead atoms. The Hall–Kier alpha value is -4.32. The molecule has 0 spiro atoms. The number of furan rings is 1. The maximum absolute atomic E-state index is 11.9. The lowest BCUT2D eigenvalue weighted by molar-refractivity contribution is -0.382. The number of nitro groups is 1. The normalized spacial score (nSPS) is 10.9. The quantitative estimate of drug-likeness (QED) is 0.187. The van der Waals surface area contributed by atoms with E-state index in [0.717, 1.165) is 0 Å². The van der Waals surface area contributed by atoms with Crippen LogP contribution in [0.25, 0.3) is 11.0 Å². The third-order valence-electron chi connectivity index (χ3n) is 5.19. The smallest absolute Gasteiger partial charge is 0.323 e. The van der Waals surface area contributed by atoms with Crippen LogP contribution in [-0.4, -0.2) is 47.7 Å². The molecule has 0 aliphatic rings. The number of rotatable bonds is 11. The molecule has 0 atom stereocenters. The second-order valence-corrected chi connectivity index (χ2v) is 7.22. The third kappa shape index (κ3) is 4.43. The van der Waals surface area contributed by atoms with Gasteiger partial charge in [0.2, 0.25) is 5.52 Å². The monoisotopic (exact) mass is 469 g/mol. The molecule has 34 heavy (non-hydrogen) atoms. The number of aliphatic hydroxyl groups is 1. The maximum Gasteiger partial charge on any atom is 0.323 e. The van der Waals surface area contributed by atoms with Crippen LogP contribution in [0, 0.1) is 10.1 Å². The first-order valence-corrected chi connectivity index (χ1v) is 10.4. The zero-order valence-electron chi connectivity index (χ0n) is 18.6. The SMILES string of the molecule is COc1ccc(N(Cc2ccco2)c2cc(NCCCO)c([N+](=O)[O-])c3nonc23)cc1OC. The minimum absolute atomic E-state index is 0.001000. The second-order valence-electron chi connectivity index (χ2n) is 7.22. The van der Waals surface area contributed by atoms with Gasteiger partial charge in [-0.25, -0.2) is 4.63 Å². The number of ether oxygens (including phenoxy) is 2. The van der Waals surface area contributed by atoms with Crippen molar-refractivity contribution in [3.05, 3.63) is 58.5 Å². The van der Waals surface area contributed by atoms with Gasteiger partial charge in [0.15, 0.2) is 17.0 Å². The van der Waals surface area contributed by atoms with Crippen LogP contribution in [0.3, 0.4) is 0 Å². The summed E-state index contributed by atoms with van der Waals surface area (Å²) in [4.78, 5) is 13.2. The minimum Gasteiger partial charge on any atom is -0.493 e. The average molecular weight is 469 g/mol. The number of methoxy groups -OCH3 is 2. The summed E-state index contributed by atoms with van der Waals surface area (Å²) in [5.74, 6) is 1.70. The van der Waals surface area contributed by atoms with Crippen molar-refractivity contribution < 1.29 is 28.5 Å². The summed E-state index contributed by atoms with van der Waals surface area (Å²) in [6.07, 6.45) is 1.97. The summed E-state index contributed by atoms with van der Waals surface area (Å²) < 4.78 is 21.3. The lowest BCUT2D eigenvalue weighted by atomic mass is 10.1. The highest BCUT2D eigenvalue weighted by Gasteiger charge is 2.29. The lowest BCUT2D eigenvalue weighted by Gasteiger charge is -2.25. The summed E-state index contributed by atoms with van der Waals surface area (Å²) in [5.41, 5.74) is 1.36.